The van der Waals surface area contributed by atoms with Gasteiger partial charge in [-0.25, -0.2) is 0 Å². The molecule has 7 heteroatoms. The van der Waals surface area contributed by atoms with Crippen molar-refractivity contribution < 1.29 is 14.3 Å². The second-order valence-corrected chi connectivity index (χ2v) is 4.82. The summed E-state index contributed by atoms with van der Waals surface area (Å²) >= 11 is 0. The first-order valence-corrected chi connectivity index (χ1v) is 6.72. The maximum atomic E-state index is 12.0. The van der Waals surface area contributed by atoms with E-state index in [9.17, 15) is 9.59 Å². The van der Waals surface area contributed by atoms with Gasteiger partial charge in [-0.05, 0) is 19.1 Å². The van der Waals surface area contributed by atoms with Crippen LogP contribution in [0.1, 0.15) is 15.9 Å². The van der Waals surface area contributed by atoms with Gasteiger partial charge in [0.2, 0.25) is 11.8 Å². The van der Waals surface area contributed by atoms with Crippen molar-refractivity contribution in [2.24, 2.45) is 7.05 Å². The molecule has 2 amide bonds. The van der Waals surface area contributed by atoms with Gasteiger partial charge in [0.15, 0.2) is 0 Å². The second-order valence-electron chi connectivity index (χ2n) is 4.82. The molecule has 0 radical (unpaired) electrons. The molecule has 0 aliphatic heterocycles. The lowest BCUT2D eigenvalue weighted by atomic mass is 10.2. The van der Waals surface area contributed by atoms with Crippen LogP contribution in [-0.4, -0.2) is 35.2 Å². The van der Waals surface area contributed by atoms with E-state index in [2.05, 4.69) is 15.7 Å². The van der Waals surface area contributed by atoms with E-state index in [-0.39, 0.29) is 23.9 Å². The first-order chi connectivity index (χ1) is 10.5. The third-order valence-corrected chi connectivity index (χ3v) is 2.98. The van der Waals surface area contributed by atoms with Crippen LogP contribution in [0.2, 0.25) is 0 Å². The number of carbonyl (C=O) groups excluding carboxylic acids is 2. The zero-order valence-electron chi connectivity index (χ0n) is 12.7. The molecule has 0 aliphatic carbocycles. The van der Waals surface area contributed by atoms with Gasteiger partial charge < -0.3 is 15.4 Å². The number of aryl methyl sites for hydroxylation is 2. The lowest BCUT2D eigenvalue weighted by Crippen LogP contribution is -2.32. The summed E-state index contributed by atoms with van der Waals surface area (Å²) in [6.07, 6.45) is 1.53. The number of methoxy groups -OCH3 is 1. The van der Waals surface area contributed by atoms with Gasteiger partial charge in [-0.3, -0.25) is 14.3 Å². The molecule has 0 spiro atoms. The largest absolute Gasteiger partial charge is 0.479 e. The Hall–Kier alpha value is -2.83. The molecule has 0 unspecified atom stereocenters. The number of nitrogens with zero attached hydrogens (tertiary/aromatic N) is 2. The van der Waals surface area contributed by atoms with Crippen LogP contribution in [0, 0.1) is 6.92 Å². The van der Waals surface area contributed by atoms with Crippen molar-refractivity contribution in [3.8, 4) is 5.88 Å². The highest BCUT2D eigenvalue weighted by molar-refractivity contribution is 6.00. The topological polar surface area (TPSA) is 85.2 Å². The Morgan fingerprint density at radius 1 is 1.27 bits per heavy atom. The summed E-state index contributed by atoms with van der Waals surface area (Å²) in [5.41, 5.74) is 2.08. The molecule has 2 aromatic rings. The smallest absolute Gasteiger partial charge is 0.258 e. The minimum atomic E-state index is -0.413. The molecule has 1 aromatic heterocycles. The van der Waals surface area contributed by atoms with E-state index in [0.29, 0.717) is 5.69 Å². The van der Waals surface area contributed by atoms with Gasteiger partial charge in [0.25, 0.3) is 5.91 Å². The van der Waals surface area contributed by atoms with Crippen LogP contribution in [0.3, 0.4) is 0 Å². The molecule has 2 N–H and O–H groups in total. The van der Waals surface area contributed by atoms with Crippen molar-refractivity contribution in [3.05, 3.63) is 41.6 Å². The van der Waals surface area contributed by atoms with Gasteiger partial charge in [-0.15, -0.1) is 5.10 Å². The van der Waals surface area contributed by atoms with Crippen LogP contribution in [0.15, 0.2) is 30.5 Å². The van der Waals surface area contributed by atoms with Gasteiger partial charge in [0, 0.05) is 18.9 Å². The Bertz CT molecular complexity index is 677. The Morgan fingerprint density at radius 2 is 1.95 bits per heavy atom. The summed E-state index contributed by atoms with van der Waals surface area (Å²) in [6.45, 7) is 1.83. The average Bonchev–Trinajstić information content (AvgIpc) is 2.88. The molecule has 1 aromatic carbocycles. The van der Waals surface area contributed by atoms with Crippen molar-refractivity contribution in [2.75, 3.05) is 19.0 Å². The van der Waals surface area contributed by atoms with Gasteiger partial charge in [-0.2, -0.15) is 0 Å². The second kappa shape index (κ2) is 6.75. The van der Waals surface area contributed by atoms with Crippen molar-refractivity contribution in [1.29, 1.82) is 0 Å². The predicted molar refractivity (Wildman–Crippen MR) is 81.9 cm³/mol. The number of benzene rings is 1. The summed E-state index contributed by atoms with van der Waals surface area (Å²) in [5.74, 6) is -0.497. The highest BCUT2D eigenvalue weighted by Crippen LogP contribution is 2.14. The van der Waals surface area contributed by atoms with Gasteiger partial charge in [0.1, 0.15) is 5.56 Å². The first kappa shape index (κ1) is 15.6. The van der Waals surface area contributed by atoms with E-state index >= 15 is 0 Å². The van der Waals surface area contributed by atoms with E-state index in [4.69, 9.17) is 4.74 Å². The van der Waals surface area contributed by atoms with Crippen LogP contribution < -0.4 is 15.4 Å². The number of ether oxygens (including phenoxy) is 1. The summed E-state index contributed by atoms with van der Waals surface area (Å²) in [5, 5.41) is 9.22. The number of nitrogens with one attached hydrogen (secondary N) is 2. The zero-order valence-corrected chi connectivity index (χ0v) is 12.7. The van der Waals surface area contributed by atoms with Gasteiger partial charge in [0.05, 0.1) is 13.7 Å². The minimum absolute atomic E-state index is 0.134. The molecule has 1 heterocycles. The first-order valence-electron chi connectivity index (χ1n) is 6.72. The van der Waals surface area contributed by atoms with Crippen molar-refractivity contribution >= 4 is 17.5 Å². The van der Waals surface area contributed by atoms with Crippen LogP contribution in [0.4, 0.5) is 5.69 Å². The molecule has 7 nitrogen and oxygen atoms in total. The van der Waals surface area contributed by atoms with Crippen molar-refractivity contribution in [3.63, 3.8) is 0 Å². The molecule has 0 saturated carbocycles. The highest BCUT2D eigenvalue weighted by Gasteiger charge is 2.16. The number of amides is 2. The van der Waals surface area contributed by atoms with Crippen molar-refractivity contribution in [1.82, 2.24) is 15.1 Å². The Morgan fingerprint density at radius 3 is 2.59 bits per heavy atom. The average molecular weight is 302 g/mol. The predicted octanol–water partition coefficient (Wildman–Crippen LogP) is 1.11. The zero-order chi connectivity index (χ0) is 16.1. The van der Waals surface area contributed by atoms with Crippen LogP contribution in [0.25, 0.3) is 0 Å². The molecular formula is C15H18N4O3. The Kier molecular flexibility index (Phi) is 4.77. The Balaban J connectivity index is 1.90. The standard InChI is InChI=1S/C15H18N4O3/c1-10-4-6-11(7-5-10)17-13(20)8-16-14(21)12-9-19(2)18-15(12)22-3/h4-7,9H,8H2,1-3H3,(H,16,21)(H,17,20). The third kappa shape index (κ3) is 3.85. The summed E-state index contributed by atoms with van der Waals surface area (Å²) in [6, 6.07) is 7.40. The summed E-state index contributed by atoms with van der Waals surface area (Å²) in [4.78, 5) is 23.8. The lowest BCUT2D eigenvalue weighted by Gasteiger charge is -2.07. The van der Waals surface area contributed by atoms with Gasteiger partial charge in [-0.1, -0.05) is 17.7 Å². The third-order valence-electron chi connectivity index (χ3n) is 2.98. The molecule has 0 bridgehead atoms. The molecule has 22 heavy (non-hydrogen) atoms. The number of hydrogen-bond acceptors (Lipinski definition) is 4. The van der Waals surface area contributed by atoms with Crippen molar-refractivity contribution in [2.45, 2.75) is 6.92 Å². The minimum Gasteiger partial charge on any atom is -0.479 e. The molecular weight excluding hydrogens is 284 g/mol. The maximum Gasteiger partial charge on any atom is 0.258 e. The van der Waals surface area contributed by atoms with Crippen LogP contribution in [0.5, 0.6) is 5.88 Å². The van der Waals surface area contributed by atoms with Crippen LogP contribution in [-0.2, 0) is 11.8 Å². The number of anilines is 1. The number of carbonyl (C=O) groups is 2. The maximum absolute atomic E-state index is 12.0. The van der Waals surface area contributed by atoms with E-state index in [1.165, 1.54) is 18.0 Å². The quantitative estimate of drug-likeness (QED) is 0.866. The van der Waals surface area contributed by atoms with E-state index < -0.39 is 5.91 Å². The van der Waals surface area contributed by atoms with E-state index in [1.54, 1.807) is 19.2 Å². The molecule has 0 saturated heterocycles. The molecule has 0 aliphatic rings. The monoisotopic (exact) mass is 302 g/mol. The van der Waals surface area contributed by atoms with E-state index in [0.717, 1.165) is 5.56 Å². The number of hydrogen-bond donors (Lipinski definition) is 2. The number of rotatable bonds is 5. The molecule has 116 valence electrons. The molecule has 0 atom stereocenters. The number of aromatic nitrogens is 2. The fraction of sp³-hybridized carbons (Fsp3) is 0.267. The normalized spacial score (nSPS) is 10.1. The SMILES string of the molecule is COc1nn(C)cc1C(=O)NCC(=O)Nc1ccc(C)cc1. The highest BCUT2D eigenvalue weighted by atomic mass is 16.5. The van der Waals surface area contributed by atoms with E-state index in [1.807, 2.05) is 19.1 Å². The fourth-order valence-corrected chi connectivity index (χ4v) is 1.87. The summed E-state index contributed by atoms with van der Waals surface area (Å²) in [7, 11) is 3.12. The Labute approximate surface area is 128 Å². The lowest BCUT2D eigenvalue weighted by molar-refractivity contribution is -0.115. The molecule has 0 fully saturated rings. The molecule has 2 rings (SSSR count). The van der Waals surface area contributed by atoms with Crippen LogP contribution >= 0.6 is 0 Å². The fourth-order valence-electron chi connectivity index (χ4n) is 1.87. The summed E-state index contributed by atoms with van der Waals surface area (Å²) < 4.78 is 6.48. The van der Waals surface area contributed by atoms with Gasteiger partial charge >= 0.3 is 0 Å².